The van der Waals surface area contributed by atoms with Crippen LogP contribution in [0, 0.1) is 21.8 Å². The van der Waals surface area contributed by atoms with Crippen molar-refractivity contribution in [1.82, 2.24) is 0 Å². The molecule has 0 radical (unpaired) electrons. The molecule has 0 aliphatic rings. The van der Waals surface area contributed by atoms with Gasteiger partial charge in [0.15, 0.2) is 0 Å². The quantitative estimate of drug-likeness (QED) is 0.166. The molecule has 0 spiro atoms. The van der Waals surface area contributed by atoms with Gasteiger partial charge in [0.25, 0.3) is 5.91 Å². The number of rotatable bonds is 7. The fourth-order valence-electron chi connectivity index (χ4n) is 2.93. The van der Waals surface area contributed by atoms with Gasteiger partial charge in [0.2, 0.25) is 0 Å². The molecule has 6 nitrogen and oxygen atoms in total. The highest BCUT2D eigenvalue weighted by atomic mass is 127. The number of nitrogens with zero attached hydrogens (tertiary/aromatic N) is 1. The van der Waals surface area contributed by atoms with E-state index in [1.54, 1.807) is 42.5 Å². The summed E-state index contributed by atoms with van der Waals surface area (Å²) in [4.78, 5) is 23.6. The minimum absolute atomic E-state index is 0.0609. The van der Waals surface area contributed by atoms with Gasteiger partial charge >= 0.3 is 5.97 Å². The van der Waals surface area contributed by atoms with E-state index in [9.17, 15) is 14.9 Å². The predicted molar refractivity (Wildman–Crippen MR) is 143 cm³/mol. The lowest BCUT2D eigenvalue weighted by Gasteiger charge is -2.12. The lowest BCUT2D eigenvalue weighted by molar-refractivity contribution is -0.112. The van der Waals surface area contributed by atoms with Gasteiger partial charge in [-0.3, -0.25) is 4.79 Å². The van der Waals surface area contributed by atoms with Gasteiger partial charge in [-0.2, -0.15) is 5.26 Å². The van der Waals surface area contributed by atoms with Gasteiger partial charge < -0.3 is 15.2 Å². The predicted octanol–water partition coefficient (Wildman–Crippen LogP) is 6.84. The van der Waals surface area contributed by atoms with Crippen LogP contribution < -0.4 is 10.1 Å². The molecule has 0 aliphatic carbocycles. The highest BCUT2D eigenvalue weighted by Gasteiger charge is 2.14. The van der Waals surface area contributed by atoms with E-state index < -0.39 is 11.9 Å². The summed E-state index contributed by atoms with van der Waals surface area (Å²) < 4.78 is 7.33. The van der Waals surface area contributed by atoms with Crippen LogP contribution in [0.3, 0.4) is 0 Å². The van der Waals surface area contributed by atoms with Crippen LogP contribution >= 0.6 is 50.1 Å². The SMILES string of the molecule is Cc1ccc(Cl)cc1NC(=O)/C(C#N)=C/c1cc(Br)c(OCc2ccc(C(=O)O)cc2)c(I)c1. The zero-order valence-electron chi connectivity index (χ0n) is 17.7. The molecule has 1 amide bonds. The molecule has 0 aromatic heterocycles. The minimum Gasteiger partial charge on any atom is -0.487 e. The normalized spacial score (nSPS) is 11.0. The number of aromatic carboxylic acids is 1. The Morgan fingerprint density at radius 2 is 1.91 bits per heavy atom. The van der Waals surface area contributed by atoms with Crippen molar-refractivity contribution in [3.63, 3.8) is 0 Å². The fourth-order valence-corrected chi connectivity index (χ4v) is 4.87. The van der Waals surface area contributed by atoms with Crippen LogP contribution in [-0.4, -0.2) is 17.0 Å². The van der Waals surface area contributed by atoms with E-state index in [1.807, 2.05) is 13.0 Å². The first-order valence-corrected chi connectivity index (χ1v) is 12.1. The Balaban J connectivity index is 1.76. The van der Waals surface area contributed by atoms with E-state index >= 15 is 0 Å². The summed E-state index contributed by atoms with van der Waals surface area (Å²) in [5.41, 5.74) is 2.97. The van der Waals surface area contributed by atoms with Crippen molar-refractivity contribution in [2.24, 2.45) is 0 Å². The summed E-state index contributed by atoms with van der Waals surface area (Å²) in [5, 5.41) is 21.7. The van der Waals surface area contributed by atoms with Crippen LogP contribution in [-0.2, 0) is 11.4 Å². The topological polar surface area (TPSA) is 99.4 Å². The lowest BCUT2D eigenvalue weighted by atomic mass is 10.1. The monoisotopic (exact) mass is 650 g/mol. The van der Waals surface area contributed by atoms with Crippen LogP contribution in [0.4, 0.5) is 5.69 Å². The van der Waals surface area contributed by atoms with Gasteiger partial charge in [0.1, 0.15) is 24.0 Å². The molecule has 3 rings (SSSR count). The molecule has 0 fully saturated rings. The standard InChI is InChI=1S/C25H17BrClIN2O4/c1-14-2-7-19(27)11-22(14)30-24(31)18(12-29)8-16-9-20(26)23(21(28)10-16)34-13-15-3-5-17(6-4-15)25(32)33/h2-11H,13H2,1H3,(H,30,31)(H,32,33)/b18-8+. The Kier molecular flexibility index (Phi) is 8.72. The molecule has 0 aliphatic heterocycles. The molecule has 0 heterocycles. The first-order valence-electron chi connectivity index (χ1n) is 9.81. The number of amides is 1. The van der Waals surface area contributed by atoms with Gasteiger partial charge in [0, 0.05) is 10.7 Å². The molecule has 3 aromatic rings. The summed E-state index contributed by atoms with van der Waals surface area (Å²) in [6.45, 7) is 2.08. The van der Waals surface area contributed by atoms with Crippen LogP contribution in [0.2, 0.25) is 5.02 Å². The van der Waals surface area contributed by atoms with Crippen molar-refractivity contribution in [1.29, 1.82) is 5.26 Å². The maximum Gasteiger partial charge on any atom is 0.335 e. The number of hydrogen-bond donors (Lipinski definition) is 2. The van der Waals surface area contributed by atoms with Crippen LogP contribution in [0.1, 0.15) is 27.0 Å². The molecule has 3 aromatic carbocycles. The number of anilines is 1. The van der Waals surface area contributed by atoms with Crippen molar-refractivity contribution in [3.05, 3.63) is 95.5 Å². The molecule has 34 heavy (non-hydrogen) atoms. The Hall–Kier alpha value is -2.87. The fraction of sp³-hybridized carbons (Fsp3) is 0.0800. The second kappa shape index (κ2) is 11.5. The number of carboxylic acid groups (broad SMARTS) is 1. The highest BCUT2D eigenvalue weighted by Crippen LogP contribution is 2.33. The zero-order valence-corrected chi connectivity index (χ0v) is 22.2. The number of carboxylic acids is 1. The number of nitriles is 1. The third-order valence-electron chi connectivity index (χ3n) is 4.73. The van der Waals surface area contributed by atoms with E-state index in [-0.39, 0.29) is 17.7 Å². The van der Waals surface area contributed by atoms with Gasteiger partial charge in [-0.1, -0.05) is 29.8 Å². The maximum absolute atomic E-state index is 12.7. The van der Waals surface area contributed by atoms with Crippen molar-refractivity contribution >= 4 is 73.8 Å². The van der Waals surface area contributed by atoms with Gasteiger partial charge in [-0.05, 0) is 105 Å². The smallest absolute Gasteiger partial charge is 0.335 e. The summed E-state index contributed by atoms with van der Waals surface area (Å²) in [5.74, 6) is -0.928. The number of ether oxygens (including phenoxy) is 1. The molecule has 2 N–H and O–H groups in total. The number of hydrogen-bond acceptors (Lipinski definition) is 4. The number of halogens is 3. The van der Waals surface area contributed by atoms with Crippen molar-refractivity contribution in [2.45, 2.75) is 13.5 Å². The molecule has 0 bridgehead atoms. The molecule has 0 atom stereocenters. The Labute approximate surface area is 223 Å². The third kappa shape index (κ3) is 6.59. The van der Waals surface area contributed by atoms with Gasteiger partial charge in [-0.25, -0.2) is 4.79 Å². The summed E-state index contributed by atoms with van der Waals surface area (Å²) >= 11 is 11.6. The van der Waals surface area contributed by atoms with E-state index in [1.165, 1.54) is 18.2 Å². The largest absolute Gasteiger partial charge is 0.487 e. The first-order chi connectivity index (χ1) is 16.2. The molecule has 0 saturated carbocycles. The second-order valence-electron chi connectivity index (χ2n) is 7.19. The molecular formula is C25H17BrClIN2O4. The first kappa shape index (κ1) is 25.7. The average Bonchev–Trinajstić information content (AvgIpc) is 2.79. The number of carbonyl (C=O) groups excluding carboxylic acids is 1. The van der Waals surface area contributed by atoms with E-state index in [0.717, 1.165) is 14.7 Å². The second-order valence-corrected chi connectivity index (χ2v) is 9.64. The summed E-state index contributed by atoms with van der Waals surface area (Å²) in [6.07, 6.45) is 1.50. The van der Waals surface area contributed by atoms with Crippen LogP contribution in [0.25, 0.3) is 6.08 Å². The van der Waals surface area contributed by atoms with E-state index in [4.69, 9.17) is 21.4 Å². The highest BCUT2D eigenvalue weighted by molar-refractivity contribution is 14.1. The van der Waals surface area contributed by atoms with Crippen molar-refractivity contribution in [3.8, 4) is 11.8 Å². The van der Waals surface area contributed by atoms with Crippen molar-refractivity contribution < 1.29 is 19.4 Å². The molecular weight excluding hydrogens is 635 g/mol. The Morgan fingerprint density at radius 1 is 1.21 bits per heavy atom. The number of benzene rings is 3. The minimum atomic E-state index is -0.985. The van der Waals surface area contributed by atoms with Crippen LogP contribution in [0.15, 0.2) is 64.6 Å². The zero-order chi connectivity index (χ0) is 24.8. The molecule has 0 saturated heterocycles. The lowest BCUT2D eigenvalue weighted by Crippen LogP contribution is -2.14. The third-order valence-corrected chi connectivity index (χ3v) is 6.35. The van der Waals surface area contributed by atoms with Crippen molar-refractivity contribution in [2.75, 3.05) is 5.32 Å². The van der Waals surface area contributed by atoms with Crippen LogP contribution in [0.5, 0.6) is 5.75 Å². The molecule has 0 unspecified atom stereocenters. The van der Waals surface area contributed by atoms with Gasteiger partial charge in [-0.15, -0.1) is 0 Å². The summed E-state index contributed by atoms with van der Waals surface area (Å²) in [6, 6.07) is 17.1. The molecule has 172 valence electrons. The Bertz CT molecular complexity index is 1310. The van der Waals surface area contributed by atoms with E-state index in [2.05, 4.69) is 43.8 Å². The maximum atomic E-state index is 12.7. The van der Waals surface area contributed by atoms with Gasteiger partial charge in [0.05, 0.1) is 13.6 Å². The summed E-state index contributed by atoms with van der Waals surface area (Å²) in [7, 11) is 0. The van der Waals surface area contributed by atoms with E-state index in [0.29, 0.717) is 26.5 Å². The average molecular weight is 652 g/mol. The number of carbonyl (C=O) groups is 2. The molecule has 9 heteroatoms. The number of aryl methyl sites for hydroxylation is 1. The Morgan fingerprint density at radius 3 is 2.53 bits per heavy atom. The number of nitrogens with one attached hydrogen (secondary N) is 1.